The molecule has 3 nitrogen and oxygen atoms in total. The second-order valence-corrected chi connectivity index (χ2v) is 3.68. The minimum atomic E-state index is -0.885. The molecule has 0 radical (unpaired) electrons. The third-order valence-electron chi connectivity index (χ3n) is 2.11. The molecule has 0 aliphatic carbocycles. The van der Waals surface area contributed by atoms with Crippen LogP contribution in [0.1, 0.15) is 5.56 Å². The molecule has 84 valence electrons. The zero-order valence-corrected chi connectivity index (χ0v) is 8.88. The van der Waals surface area contributed by atoms with Crippen LogP contribution in [0.25, 0.3) is 0 Å². The first kappa shape index (κ1) is 10.9. The lowest BCUT2D eigenvalue weighted by molar-refractivity contribution is 0.492. The molecule has 0 saturated carbocycles. The monoisotopic (exact) mass is 243 g/mol. The van der Waals surface area contributed by atoms with E-state index in [1.807, 2.05) is 0 Å². The minimum Gasteiger partial charge on any atom is -0.381 e. The number of benzene rings is 1. The number of rotatable bonds is 2. The summed E-state index contributed by atoms with van der Waals surface area (Å²) in [5.41, 5.74) is 5.62. The molecule has 0 fully saturated rings. The molecule has 2 rings (SSSR count). The van der Waals surface area contributed by atoms with Gasteiger partial charge in [-0.15, -0.1) is 0 Å². The topological polar surface area (TPSA) is 43.8 Å². The van der Waals surface area contributed by atoms with Gasteiger partial charge in [0.25, 0.3) is 0 Å². The summed E-state index contributed by atoms with van der Waals surface area (Å²) in [5.74, 6) is -1.60. The number of halogens is 3. The molecule has 0 spiro atoms. The summed E-state index contributed by atoms with van der Waals surface area (Å²) in [6, 6.07) is 3.97. The molecule has 0 amide bonds. The second-order valence-electron chi connectivity index (χ2n) is 3.27. The standard InChI is InChI=1S/C10H8ClF2N3/c11-7-5-16(15-10(7)14)4-6-2-1-3-8(12)9(6)13/h1-3,5H,4H2,(H2,14,15). The van der Waals surface area contributed by atoms with Crippen molar-refractivity contribution in [2.24, 2.45) is 0 Å². The summed E-state index contributed by atoms with van der Waals surface area (Å²) in [6.45, 7) is 0.0838. The van der Waals surface area contributed by atoms with E-state index >= 15 is 0 Å². The number of aromatic nitrogens is 2. The molecule has 0 atom stereocenters. The highest BCUT2D eigenvalue weighted by Gasteiger charge is 2.09. The van der Waals surface area contributed by atoms with Crippen LogP contribution in [-0.4, -0.2) is 9.78 Å². The molecule has 1 aromatic heterocycles. The van der Waals surface area contributed by atoms with Gasteiger partial charge in [0.15, 0.2) is 17.5 Å². The lowest BCUT2D eigenvalue weighted by atomic mass is 10.2. The van der Waals surface area contributed by atoms with Gasteiger partial charge in [-0.2, -0.15) is 5.10 Å². The van der Waals surface area contributed by atoms with Gasteiger partial charge in [-0.1, -0.05) is 23.7 Å². The third kappa shape index (κ3) is 1.99. The van der Waals surface area contributed by atoms with Crippen molar-refractivity contribution in [1.82, 2.24) is 9.78 Å². The minimum absolute atomic E-state index is 0.0838. The van der Waals surface area contributed by atoms with E-state index in [1.54, 1.807) is 0 Å². The van der Waals surface area contributed by atoms with Crippen LogP contribution in [0.3, 0.4) is 0 Å². The normalized spacial score (nSPS) is 10.7. The first-order chi connectivity index (χ1) is 7.58. The summed E-state index contributed by atoms with van der Waals surface area (Å²) < 4.78 is 27.6. The SMILES string of the molecule is Nc1nn(Cc2cccc(F)c2F)cc1Cl. The van der Waals surface area contributed by atoms with Crippen LogP contribution in [0.15, 0.2) is 24.4 Å². The smallest absolute Gasteiger partial charge is 0.164 e. The van der Waals surface area contributed by atoms with Crippen LogP contribution in [0.2, 0.25) is 5.02 Å². The van der Waals surface area contributed by atoms with Crippen molar-refractivity contribution in [1.29, 1.82) is 0 Å². The number of nitrogens with zero attached hydrogens (tertiary/aromatic N) is 2. The van der Waals surface area contributed by atoms with Gasteiger partial charge in [-0.3, -0.25) is 4.68 Å². The predicted molar refractivity (Wildman–Crippen MR) is 57.1 cm³/mol. The van der Waals surface area contributed by atoms with Crippen molar-refractivity contribution >= 4 is 17.4 Å². The molecule has 2 N–H and O–H groups in total. The van der Waals surface area contributed by atoms with Crippen molar-refractivity contribution in [3.05, 3.63) is 46.6 Å². The molecule has 0 saturated heterocycles. The fraction of sp³-hybridized carbons (Fsp3) is 0.100. The largest absolute Gasteiger partial charge is 0.381 e. The molecule has 6 heteroatoms. The summed E-state index contributed by atoms with van der Waals surface area (Å²) in [6.07, 6.45) is 1.46. The van der Waals surface area contributed by atoms with Gasteiger partial charge in [-0.05, 0) is 6.07 Å². The fourth-order valence-corrected chi connectivity index (χ4v) is 1.49. The van der Waals surface area contributed by atoms with Gasteiger partial charge in [0, 0.05) is 11.8 Å². The van der Waals surface area contributed by atoms with Crippen LogP contribution in [0, 0.1) is 11.6 Å². The molecular weight excluding hydrogens is 236 g/mol. The Hall–Kier alpha value is -1.62. The average molecular weight is 244 g/mol. The highest BCUT2D eigenvalue weighted by molar-refractivity contribution is 6.32. The Bertz CT molecular complexity index is 505. The van der Waals surface area contributed by atoms with Crippen LogP contribution in [0.4, 0.5) is 14.6 Å². The van der Waals surface area contributed by atoms with Gasteiger partial charge in [0.2, 0.25) is 0 Å². The van der Waals surface area contributed by atoms with Gasteiger partial charge in [0.1, 0.15) is 5.02 Å². The molecule has 0 unspecified atom stereocenters. The third-order valence-corrected chi connectivity index (χ3v) is 2.40. The molecule has 16 heavy (non-hydrogen) atoms. The van der Waals surface area contributed by atoms with Crippen molar-refractivity contribution in [3.63, 3.8) is 0 Å². The van der Waals surface area contributed by atoms with E-state index < -0.39 is 11.6 Å². The molecule has 0 bridgehead atoms. The van der Waals surface area contributed by atoms with Crippen LogP contribution < -0.4 is 5.73 Å². The van der Waals surface area contributed by atoms with E-state index in [-0.39, 0.29) is 22.9 Å². The number of anilines is 1. The number of hydrogen-bond donors (Lipinski definition) is 1. The van der Waals surface area contributed by atoms with E-state index in [4.69, 9.17) is 17.3 Å². The van der Waals surface area contributed by atoms with E-state index in [0.29, 0.717) is 0 Å². The van der Waals surface area contributed by atoms with Crippen LogP contribution >= 0.6 is 11.6 Å². The quantitative estimate of drug-likeness (QED) is 0.881. The summed E-state index contributed by atoms with van der Waals surface area (Å²) in [4.78, 5) is 0. The van der Waals surface area contributed by atoms with Crippen molar-refractivity contribution in [3.8, 4) is 0 Å². The zero-order valence-electron chi connectivity index (χ0n) is 8.12. The molecule has 1 aromatic carbocycles. The predicted octanol–water partition coefficient (Wildman–Crippen LogP) is 2.45. The Labute approximate surface area is 95.4 Å². The van der Waals surface area contributed by atoms with E-state index in [9.17, 15) is 8.78 Å². The van der Waals surface area contributed by atoms with Gasteiger partial charge >= 0.3 is 0 Å². The van der Waals surface area contributed by atoms with Gasteiger partial charge in [-0.25, -0.2) is 8.78 Å². The molecular formula is C10H8ClF2N3. The molecule has 0 aliphatic heterocycles. The Morgan fingerprint density at radius 2 is 2.12 bits per heavy atom. The maximum atomic E-state index is 13.3. The molecule has 0 aliphatic rings. The first-order valence-electron chi connectivity index (χ1n) is 4.49. The van der Waals surface area contributed by atoms with E-state index in [0.717, 1.165) is 6.07 Å². The van der Waals surface area contributed by atoms with Crippen molar-refractivity contribution in [2.75, 3.05) is 5.73 Å². The van der Waals surface area contributed by atoms with E-state index in [1.165, 1.54) is 23.0 Å². The fourth-order valence-electron chi connectivity index (χ4n) is 1.34. The molecule has 1 heterocycles. The van der Waals surface area contributed by atoms with Crippen molar-refractivity contribution < 1.29 is 8.78 Å². The average Bonchev–Trinajstić information content (AvgIpc) is 2.54. The number of hydrogen-bond acceptors (Lipinski definition) is 2. The summed E-state index contributed by atoms with van der Waals surface area (Å²) in [7, 11) is 0. The summed E-state index contributed by atoms with van der Waals surface area (Å²) >= 11 is 5.69. The molecule has 2 aromatic rings. The highest BCUT2D eigenvalue weighted by atomic mass is 35.5. The van der Waals surface area contributed by atoms with Crippen LogP contribution in [-0.2, 0) is 6.54 Å². The van der Waals surface area contributed by atoms with E-state index in [2.05, 4.69) is 5.10 Å². The zero-order chi connectivity index (χ0) is 11.7. The second kappa shape index (κ2) is 4.09. The van der Waals surface area contributed by atoms with Crippen molar-refractivity contribution in [2.45, 2.75) is 6.54 Å². The number of nitrogens with two attached hydrogens (primary N) is 1. The van der Waals surface area contributed by atoms with Gasteiger partial charge in [0.05, 0.1) is 6.54 Å². The lowest BCUT2D eigenvalue weighted by Crippen LogP contribution is -2.04. The maximum Gasteiger partial charge on any atom is 0.164 e. The lowest BCUT2D eigenvalue weighted by Gasteiger charge is -2.03. The highest BCUT2D eigenvalue weighted by Crippen LogP contribution is 2.18. The Kier molecular flexibility index (Phi) is 2.78. The maximum absolute atomic E-state index is 13.3. The Morgan fingerprint density at radius 3 is 2.75 bits per heavy atom. The van der Waals surface area contributed by atoms with Crippen LogP contribution in [0.5, 0.6) is 0 Å². The van der Waals surface area contributed by atoms with Gasteiger partial charge < -0.3 is 5.73 Å². The Morgan fingerprint density at radius 1 is 1.38 bits per heavy atom. The first-order valence-corrected chi connectivity index (χ1v) is 4.87. The summed E-state index contributed by atoms with van der Waals surface area (Å²) in [5, 5.41) is 4.14. The number of nitrogen functional groups attached to an aromatic ring is 1. The Balaban J connectivity index is 2.30.